The van der Waals surface area contributed by atoms with Crippen LogP contribution in [-0.4, -0.2) is 33.3 Å². The number of halogens is 2. The van der Waals surface area contributed by atoms with Crippen LogP contribution in [-0.2, 0) is 12.3 Å². The zero-order chi connectivity index (χ0) is 14.4. The molecular weight excluding hydrogens is 345 g/mol. The monoisotopic (exact) mass is 359 g/mol. The fourth-order valence-corrected chi connectivity index (χ4v) is 2.85. The van der Waals surface area contributed by atoms with Crippen LogP contribution in [0.2, 0.25) is 0 Å². The summed E-state index contributed by atoms with van der Waals surface area (Å²) in [6, 6.07) is 4.99. The predicted octanol–water partition coefficient (Wildman–Crippen LogP) is 2.48. The molecule has 2 aromatic rings. The number of aromatic nitrogens is 4. The lowest BCUT2D eigenvalue weighted by molar-refractivity contribution is 0.517. The van der Waals surface area contributed by atoms with Crippen molar-refractivity contribution in [3.63, 3.8) is 0 Å². The molecule has 0 bridgehead atoms. The number of nitrogens with one attached hydrogen (secondary N) is 1. The standard InChI is InChI=1S/C12H15BrFN5S/c1-2-15-5-6-19-12(16-17-18-19)20-8-9-3-4-11(14)10(13)7-9/h3-4,7,15H,2,5-6,8H2,1H3. The van der Waals surface area contributed by atoms with Crippen molar-refractivity contribution in [3.05, 3.63) is 34.1 Å². The Labute approximate surface area is 129 Å². The van der Waals surface area contributed by atoms with Crippen LogP contribution in [0.1, 0.15) is 12.5 Å². The Morgan fingerprint density at radius 2 is 2.30 bits per heavy atom. The quantitative estimate of drug-likeness (QED) is 0.607. The van der Waals surface area contributed by atoms with Crippen LogP contribution < -0.4 is 5.32 Å². The molecule has 108 valence electrons. The molecule has 1 aromatic heterocycles. The molecule has 0 unspecified atom stereocenters. The van der Waals surface area contributed by atoms with Crippen molar-refractivity contribution >= 4 is 27.7 Å². The summed E-state index contributed by atoms with van der Waals surface area (Å²) in [5.74, 6) is 0.440. The Hall–Kier alpha value is -0.990. The minimum Gasteiger partial charge on any atom is -0.315 e. The first-order valence-corrected chi connectivity index (χ1v) is 8.02. The van der Waals surface area contributed by atoms with Gasteiger partial charge in [-0.15, -0.1) is 5.10 Å². The molecular formula is C12H15BrFN5S. The zero-order valence-corrected chi connectivity index (χ0v) is 13.4. The third-order valence-electron chi connectivity index (χ3n) is 2.60. The van der Waals surface area contributed by atoms with Gasteiger partial charge in [0.15, 0.2) is 0 Å². The van der Waals surface area contributed by atoms with E-state index in [1.165, 1.54) is 17.8 Å². The zero-order valence-electron chi connectivity index (χ0n) is 11.0. The highest BCUT2D eigenvalue weighted by atomic mass is 79.9. The van der Waals surface area contributed by atoms with Crippen LogP contribution in [0.3, 0.4) is 0 Å². The molecule has 0 aliphatic carbocycles. The van der Waals surface area contributed by atoms with Crippen molar-refractivity contribution in [1.82, 2.24) is 25.5 Å². The molecule has 0 saturated heterocycles. The highest BCUT2D eigenvalue weighted by Crippen LogP contribution is 2.23. The van der Waals surface area contributed by atoms with E-state index in [2.05, 4.69) is 43.7 Å². The van der Waals surface area contributed by atoms with Gasteiger partial charge in [0.1, 0.15) is 5.82 Å². The van der Waals surface area contributed by atoms with Crippen molar-refractivity contribution in [3.8, 4) is 0 Å². The van der Waals surface area contributed by atoms with E-state index in [-0.39, 0.29) is 5.82 Å². The van der Waals surface area contributed by atoms with Gasteiger partial charge in [-0.25, -0.2) is 9.07 Å². The van der Waals surface area contributed by atoms with Gasteiger partial charge in [-0.1, -0.05) is 24.8 Å². The van der Waals surface area contributed by atoms with Gasteiger partial charge < -0.3 is 5.32 Å². The van der Waals surface area contributed by atoms with Gasteiger partial charge in [0.05, 0.1) is 11.0 Å². The summed E-state index contributed by atoms with van der Waals surface area (Å²) in [5.41, 5.74) is 1.02. The van der Waals surface area contributed by atoms with E-state index in [1.54, 1.807) is 16.8 Å². The van der Waals surface area contributed by atoms with Crippen molar-refractivity contribution in [2.24, 2.45) is 0 Å². The number of hydrogen-bond donors (Lipinski definition) is 1. The van der Waals surface area contributed by atoms with Crippen LogP contribution in [0.4, 0.5) is 4.39 Å². The van der Waals surface area contributed by atoms with Crippen molar-refractivity contribution in [2.75, 3.05) is 13.1 Å². The molecule has 2 rings (SSSR count). The number of tetrazole rings is 1. The molecule has 1 aromatic carbocycles. The lowest BCUT2D eigenvalue weighted by Gasteiger charge is -2.05. The molecule has 0 spiro atoms. The van der Waals surface area contributed by atoms with Crippen LogP contribution in [0, 0.1) is 5.82 Å². The lowest BCUT2D eigenvalue weighted by Crippen LogP contribution is -2.20. The van der Waals surface area contributed by atoms with Gasteiger partial charge in [-0.2, -0.15) is 0 Å². The molecule has 1 N–H and O–H groups in total. The Bertz CT molecular complexity index is 563. The van der Waals surface area contributed by atoms with Gasteiger partial charge in [0, 0.05) is 12.3 Å². The molecule has 20 heavy (non-hydrogen) atoms. The van der Waals surface area contributed by atoms with Crippen molar-refractivity contribution in [2.45, 2.75) is 24.4 Å². The van der Waals surface area contributed by atoms with E-state index in [4.69, 9.17) is 0 Å². The highest BCUT2D eigenvalue weighted by molar-refractivity contribution is 9.10. The van der Waals surface area contributed by atoms with E-state index in [1.807, 2.05) is 0 Å². The van der Waals surface area contributed by atoms with Crippen LogP contribution in [0.5, 0.6) is 0 Å². The van der Waals surface area contributed by atoms with E-state index in [0.29, 0.717) is 10.2 Å². The number of rotatable bonds is 7. The summed E-state index contributed by atoms with van der Waals surface area (Å²) in [6.07, 6.45) is 0. The first-order valence-electron chi connectivity index (χ1n) is 6.24. The topological polar surface area (TPSA) is 55.6 Å². The molecule has 0 aliphatic heterocycles. The van der Waals surface area contributed by atoms with Gasteiger partial charge >= 0.3 is 0 Å². The smallest absolute Gasteiger partial charge is 0.209 e. The maximum Gasteiger partial charge on any atom is 0.209 e. The fourth-order valence-electron chi connectivity index (χ4n) is 1.58. The Kier molecular flexibility index (Phi) is 5.93. The third-order valence-corrected chi connectivity index (χ3v) is 4.24. The predicted molar refractivity (Wildman–Crippen MR) is 80.0 cm³/mol. The number of thioether (sulfide) groups is 1. The number of hydrogen-bond acceptors (Lipinski definition) is 5. The van der Waals surface area contributed by atoms with Crippen LogP contribution in [0.15, 0.2) is 27.8 Å². The van der Waals surface area contributed by atoms with Crippen LogP contribution >= 0.6 is 27.7 Å². The average molecular weight is 360 g/mol. The van der Waals surface area contributed by atoms with Gasteiger partial charge in [0.25, 0.3) is 0 Å². The Morgan fingerprint density at radius 3 is 3.05 bits per heavy atom. The summed E-state index contributed by atoms with van der Waals surface area (Å²) in [5, 5.41) is 15.6. The van der Waals surface area contributed by atoms with Gasteiger partial charge in [0.2, 0.25) is 5.16 Å². The molecule has 0 amide bonds. The minimum atomic E-state index is -0.255. The molecule has 5 nitrogen and oxygen atoms in total. The highest BCUT2D eigenvalue weighted by Gasteiger charge is 2.07. The molecule has 0 radical (unpaired) electrons. The normalized spacial score (nSPS) is 10.9. The van der Waals surface area contributed by atoms with E-state index < -0.39 is 0 Å². The van der Waals surface area contributed by atoms with E-state index in [9.17, 15) is 4.39 Å². The summed E-state index contributed by atoms with van der Waals surface area (Å²) in [4.78, 5) is 0. The Balaban J connectivity index is 1.93. The average Bonchev–Trinajstić information content (AvgIpc) is 2.88. The summed E-state index contributed by atoms with van der Waals surface area (Å²) < 4.78 is 15.4. The van der Waals surface area contributed by atoms with Crippen molar-refractivity contribution < 1.29 is 4.39 Å². The van der Waals surface area contributed by atoms with Gasteiger partial charge in [-0.3, -0.25) is 0 Å². The molecule has 0 atom stereocenters. The lowest BCUT2D eigenvalue weighted by atomic mass is 10.2. The second kappa shape index (κ2) is 7.70. The molecule has 0 fully saturated rings. The summed E-state index contributed by atoms with van der Waals surface area (Å²) in [7, 11) is 0. The first kappa shape index (κ1) is 15.4. The second-order valence-electron chi connectivity index (χ2n) is 4.08. The molecule has 1 heterocycles. The third kappa shape index (κ3) is 4.26. The largest absolute Gasteiger partial charge is 0.315 e. The summed E-state index contributed by atoms with van der Waals surface area (Å²) in [6.45, 7) is 4.54. The number of likely N-dealkylation sites (N-methyl/N-ethyl adjacent to an activating group) is 1. The first-order chi connectivity index (χ1) is 9.70. The molecule has 0 saturated carbocycles. The van der Waals surface area contributed by atoms with Gasteiger partial charge in [-0.05, 0) is 50.6 Å². The number of benzene rings is 1. The van der Waals surface area contributed by atoms with E-state index in [0.717, 1.165) is 30.4 Å². The molecule has 8 heteroatoms. The SMILES string of the molecule is CCNCCn1nnnc1SCc1ccc(F)c(Br)c1. The minimum absolute atomic E-state index is 0.255. The maximum absolute atomic E-state index is 13.2. The van der Waals surface area contributed by atoms with Crippen molar-refractivity contribution in [1.29, 1.82) is 0 Å². The maximum atomic E-state index is 13.2. The van der Waals surface area contributed by atoms with E-state index >= 15 is 0 Å². The van der Waals surface area contributed by atoms with Crippen LogP contribution in [0.25, 0.3) is 0 Å². The second-order valence-corrected chi connectivity index (χ2v) is 5.87. The molecule has 0 aliphatic rings. The summed E-state index contributed by atoms with van der Waals surface area (Å²) >= 11 is 4.72. The Morgan fingerprint density at radius 1 is 1.45 bits per heavy atom. The number of nitrogens with zero attached hydrogens (tertiary/aromatic N) is 4. The fraction of sp³-hybridized carbons (Fsp3) is 0.417.